The molecule has 5 rings (SSSR count). The minimum absolute atomic E-state index is 0.887. The van der Waals surface area contributed by atoms with Crippen molar-refractivity contribution in [3.63, 3.8) is 0 Å². The summed E-state index contributed by atoms with van der Waals surface area (Å²) in [5, 5.41) is 1.26. The molecular formula is C27H39N3O. The molecule has 2 aliphatic heterocycles. The van der Waals surface area contributed by atoms with Gasteiger partial charge < -0.3 is 14.5 Å². The summed E-state index contributed by atoms with van der Waals surface area (Å²) in [6.45, 7) is 6.29. The van der Waals surface area contributed by atoms with Crippen LogP contribution in [-0.4, -0.2) is 49.7 Å². The Morgan fingerprint density at radius 3 is 2.52 bits per heavy atom. The van der Waals surface area contributed by atoms with Gasteiger partial charge >= 0.3 is 0 Å². The van der Waals surface area contributed by atoms with Crippen LogP contribution in [0, 0.1) is 11.8 Å². The second-order valence-electron chi connectivity index (χ2n) is 10.1. The maximum absolute atomic E-state index is 5.49. The molecule has 1 aliphatic carbocycles. The number of methoxy groups -OCH3 is 1. The Labute approximate surface area is 188 Å². The molecule has 0 atom stereocenters. The van der Waals surface area contributed by atoms with Crippen molar-refractivity contribution in [3.8, 4) is 5.75 Å². The molecule has 4 nitrogen and oxygen atoms in total. The van der Waals surface area contributed by atoms with Gasteiger partial charge in [-0.25, -0.2) is 0 Å². The van der Waals surface area contributed by atoms with Gasteiger partial charge in [0.05, 0.1) is 18.3 Å². The van der Waals surface area contributed by atoms with Crippen molar-refractivity contribution in [2.45, 2.75) is 64.2 Å². The highest BCUT2D eigenvalue weighted by Gasteiger charge is 2.25. The van der Waals surface area contributed by atoms with Crippen molar-refractivity contribution in [1.82, 2.24) is 9.88 Å². The van der Waals surface area contributed by atoms with Crippen LogP contribution in [0.3, 0.4) is 0 Å². The SMILES string of the molecule is COc1ccc2ncc3c(c2c1)N(CCC1CCN(CCC2CCCCC2)CC1)CC3. The zero-order chi connectivity index (χ0) is 21.0. The lowest BCUT2D eigenvalue weighted by atomic mass is 9.86. The third kappa shape index (κ3) is 4.84. The first-order valence-electron chi connectivity index (χ1n) is 12.7. The van der Waals surface area contributed by atoms with Crippen LogP contribution >= 0.6 is 0 Å². The fourth-order valence-corrected chi connectivity index (χ4v) is 6.15. The molecule has 0 spiro atoms. The summed E-state index contributed by atoms with van der Waals surface area (Å²) < 4.78 is 5.49. The van der Waals surface area contributed by atoms with Crippen LogP contribution in [0.2, 0.25) is 0 Å². The van der Waals surface area contributed by atoms with Crippen LogP contribution in [0.5, 0.6) is 5.75 Å². The van der Waals surface area contributed by atoms with Crippen molar-refractivity contribution in [2.75, 3.05) is 44.7 Å². The Morgan fingerprint density at radius 2 is 1.71 bits per heavy atom. The lowest BCUT2D eigenvalue weighted by molar-refractivity contribution is 0.164. The van der Waals surface area contributed by atoms with E-state index in [-0.39, 0.29) is 0 Å². The molecule has 0 N–H and O–H groups in total. The third-order valence-electron chi connectivity index (χ3n) is 8.18. The predicted molar refractivity (Wildman–Crippen MR) is 129 cm³/mol. The molecule has 0 amide bonds. The molecule has 2 aromatic rings. The van der Waals surface area contributed by atoms with E-state index in [9.17, 15) is 0 Å². The smallest absolute Gasteiger partial charge is 0.119 e. The highest BCUT2D eigenvalue weighted by atomic mass is 16.5. The average Bonchev–Trinajstić information content (AvgIpc) is 3.26. The van der Waals surface area contributed by atoms with Gasteiger partial charge in [-0.3, -0.25) is 4.98 Å². The van der Waals surface area contributed by atoms with Crippen LogP contribution in [0.15, 0.2) is 24.4 Å². The van der Waals surface area contributed by atoms with E-state index in [1.54, 1.807) is 7.11 Å². The van der Waals surface area contributed by atoms with Crippen molar-refractivity contribution in [2.24, 2.45) is 11.8 Å². The van der Waals surface area contributed by atoms with Crippen molar-refractivity contribution < 1.29 is 4.74 Å². The van der Waals surface area contributed by atoms with E-state index in [2.05, 4.69) is 33.1 Å². The highest BCUT2D eigenvalue weighted by Crippen LogP contribution is 2.37. The number of nitrogens with zero attached hydrogens (tertiary/aromatic N) is 3. The molecule has 31 heavy (non-hydrogen) atoms. The molecule has 4 heteroatoms. The Hall–Kier alpha value is -1.81. The average molecular weight is 422 g/mol. The van der Waals surface area contributed by atoms with E-state index in [0.717, 1.165) is 36.1 Å². The number of hydrogen-bond donors (Lipinski definition) is 0. The van der Waals surface area contributed by atoms with Crippen LogP contribution in [0.25, 0.3) is 10.9 Å². The number of fused-ring (bicyclic) bond motifs is 3. The number of benzene rings is 1. The summed E-state index contributed by atoms with van der Waals surface area (Å²) in [6.07, 6.45) is 16.2. The summed E-state index contributed by atoms with van der Waals surface area (Å²) >= 11 is 0. The topological polar surface area (TPSA) is 28.6 Å². The van der Waals surface area contributed by atoms with Crippen molar-refractivity contribution in [1.29, 1.82) is 0 Å². The standard InChI is InChI=1S/C27H39N3O/c1-31-24-7-8-26-25(19-24)27-23(20-28-26)13-18-30(27)17-12-22-10-15-29(16-11-22)14-9-21-5-3-2-4-6-21/h7-8,19-22H,2-6,9-18H2,1H3. The minimum atomic E-state index is 0.887. The number of pyridine rings is 1. The summed E-state index contributed by atoms with van der Waals surface area (Å²) in [5.41, 5.74) is 3.89. The largest absolute Gasteiger partial charge is 0.497 e. The van der Waals surface area contributed by atoms with Gasteiger partial charge in [0.25, 0.3) is 0 Å². The summed E-state index contributed by atoms with van der Waals surface area (Å²) in [5.74, 6) is 2.83. The van der Waals surface area contributed by atoms with Gasteiger partial charge in [0.1, 0.15) is 5.75 Å². The lowest BCUT2D eigenvalue weighted by Crippen LogP contribution is -2.36. The maximum Gasteiger partial charge on any atom is 0.119 e. The Balaban J connectivity index is 1.13. The second kappa shape index (κ2) is 9.77. The number of rotatable bonds is 7. The van der Waals surface area contributed by atoms with E-state index in [4.69, 9.17) is 4.74 Å². The number of hydrogen-bond acceptors (Lipinski definition) is 4. The van der Waals surface area contributed by atoms with E-state index >= 15 is 0 Å². The summed E-state index contributed by atoms with van der Waals surface area (Å²) in [4.78, 5) is 10.1. The van der Waals surface area contributed by atoms with E-state index in [0.29, 0.717) is 0 Å². The fourth-order valence-electron chi connectivity index (χ4n) is 6.15. The van der Waals surface area contributed by atoms with Gasteiger partial charge in [0.15, 0.2) is 0 Å². The summed E-state index contributed by atoms with van der Waals surface area (Å²) in [7, 11) is 1.75. The molecule has 0 unspecified atom stereocenters. The number of ether oxygens (including phenoxy) is 1. The van der Waals surface area contributed by atoms with Gasteiger partial charge in [-0.2, -0.15) is 0 Å². The van der Waals surface area contributed by atoms with Crippen LogP contribution in [0.4, 0.5) is 5.69 Å². The van der Waals surface area contributed by atoms with E-state index in [1.807, 2.05) is 6.07 Å². The molecule has 3 heterocycles. The first kappa shape index (κ1) is 21.1. The molecule has 1 saturated heterocycles. The molecule has 3 aliphatic rings. The molecule has 1 aromatic heterocycles. The lowest BCUT2D eigenvalue weighted by Gasteiger charge is -2.34. The number of piperidine rings is 1. The number of anilines is 1. The molecular weight excluding hydrogens is 382 g/mol. The first-order chi connectivity index (χ1) is 15.3. The van der Waals surface area contributed by atoms with Gasteiger partial charge in [-0.15, -0.1) is 0 Å². The first-order valence-corrected chi connectivity index (χ1v) is 12.7. The monoisotopic (exact) mass is 421 g/mol. The van der Waals surface area contributed by atoms with Crippen LogP contribution in [0.1, 0.15) is 63.4 Å². The van der Waals surface area contributed by atoms with E-state index < -0.39 is 0 Å². The maximum atomic E-state index is 5.49. The zero-order valence-electron chi connectivity index (χ0n) is 19.3. The number of aromatic nitrogens is 1. The third-order valence-corrected chi connectivity index (χ3v) is 8.18. The van der Waals surface area contributed by atoms with Crippen LogP contribution < -0.4 is 9.64 Å². The minimum Gasteiger partial charge on any atom is -0.497 e. The quantitative estimate of drug-likeness (QED) is 0.575. The molecule has 2 fully saturated rings. The zero-order valence-corrected chi connectivity index (χ0v) is 19.3. The number of likely N-dealkylation sites (tertiary alicyclic amines) is 1. The predicted octanol–water partition coefficient (Wildman–Crippen LogP) is 5.68. The van der Waals surface area contributed by atoms with Gasteiger partial charge in [0.2, 0.25) is 0 Å². The Kier molecular flexibility index (Phi) is 6.64. The molecule has 168 valence electrons. The van der Waals surface area contributed by atoms with Gasteiger partial charge in [-0.05, 0) is 87.3 Å². The fraction of sp³-hybridized carbons (Fsp3) is 0.667. The Bertz CT molecular complexity index is 868. The Morgan fingerprint density at radius 1 is 0.935 bits per heavy atom. The summed E-state index contributed by atoms with van der Waals surface area (Å²) in [6, 6.07) is 6.28. The molecule has 1 saturated carbocycles. The molecule has 0 bridgehead atoms. The highest BCUT2D eigenvalue weighted by molar-refractivity contribution is 5.95. The van der Waals surface area contributed by atoms with Gasteiger partial charge in [-0.1, -0.05) is 32.1 Å². The molecule has 0 radical (unpaired) electrons. The van der Waals surface area contributed by atoms with Gasteiger partial charge in [0, 0.05) is 24.7 Å². The molecule has 1 aromatic carbocycles. The van der Waals surface area contributed by atoms with E-state index in [1.165, 1.54) is 101 Å². The van der Waals surface area contributed by atoms with Crippen molar-refractivity contribution in [3.05, 3.63) is 30.0 Å². The second-order valence-corrected chi connectivity index (χ2v) is 10.1. The van der Waals surface area contributed by atoms with Crippen molar-refractivity contribution >= 4 is 16.6 Å². The normalized spacial score (nSPS) is 21.0. The van der Waals surface area contributed by atoms with Crippen LogP contribution in [-0.2, 0) is 6.42 Å².